The number of nitrogens with zero attached hydrogens (tertiary/aromatic N) is 1. The van der Waals surface area contributed by atoms with Crippen LogP contribution in [-0.4, -0.2) is 49.6 Å². The van der Waals surface area contributed by atoms with Crippen LogP contribution in [0, 0.1) is 11.8 Å². The van der Waals surface area contributed by atoms with Gasteiger partial charge in [0, 0.05) is 25.7 Å². The second-order valence-electron chi connectivity index (χ2n) is 6.17. The second-order valence-corrected chi connectivity index (χ2v) is 6.17. The van der Waals surface area contributed by atoms with Gasteiger partial charge in [0.2, 0.25) is 5.91 Å². The maximum Gasteiger partial charge on any atom is 0.224 e. The molecule has 2 aliphatic heterocycles. The number of hydrogen-bond acceptors (Lipinski definition) is 3. The molecule has 0 aromatic heterocycles. The molecule has 2 saturated heterocycles. The molecule has 0 aromatic rings. The van der Waals surface area contributed by atoms with Crippen molar-refractivity contribution in [1.29, 1.82) is 0 Å². The highest BCUT2D eigenvalue weighted by Gasteiger charge is 2.34. The van der Waals surface area contributed by atoms with Crippen molar-refractivity contribution in [3.8, 4) is 0 Å². The molecule has 4 nitrogen and oxygen atoms in total. The standard InChI is InChI=1S/C14H25N3O/c18-14(12-2-1-6-15-9-12)16-8-11-5-7-17(10-11)13-3-4-13/h11-13,15H,1-10H2,(H,16,18)/t11?,12-/m0/s1. The van der Waals surface area contributed by atoms with E-state index in [0.29, 0.717) is 5.92 Å². The van der Waals surface area contributed by atoms with E-state index in [1.165, 1.54) is 32.4 Å². The summed E-state index contributed by atoms with van der Waals surface area (Å²) in [6, 6.07) is 0.883. The van der Waals surface area contributed by atoms with Crippen LogP contribution in [0.2, 0.25) is 0 Å². The molecule has 0 aromatic carbocycles. The Morgan fingerprint density at radius 3 is 2.89 bits per heavy atom. The zero-order valence-corrected chi connectivity index (χ0v) is 11.2. The molecule has 18 heavy (non-hydrogen) atoms. The Bertz CT molecular complexity index is 297. The molecule has 1 saturated carbocycles. The molecule has 2 N–H and O–H groups in total. The molecule has 1 amide bonds. The van der Waals surface area contributed by atoms with E-state index < -0.39 is 0 Å². The predicted octanol–water partition coefficient (Wildman–Crippen LogP) is 0.587. The predicted molar refractivity (Wildman–Crippen MR) is 71.3 cm³/mol. The fourth-order valence-electron chi connectivity index (χ4n) is 3.27. The van der Waals surface area contributed by atoms with Crippen LogP contribution >= 0.6 is 0 Å². The molecular formula is C14H25N3O. The molecule has 1 aliphatic carbocycles. The van der Waals surface area contributed by atoms with Crippen LogP contribution in [0.3, 0.4) is 0 Å². The van der Waals surface area contributed by atoms with Crippen molar-refractivity contribution in [2.75, 3.05) is 32.7 Å². The third-order valence-corrected chi connectivity index (χ3v) is 4.61. The van der Waals surface area contributed by atoms with Crippen LogP contribution in [0.5, 0.6) is 0 Å². The van der Waals surface area contributed by atoms with Gasteiger partial charge in [-0.2, -0.15) is 0 Å². The molecule has 0 bridgehead atoms. The Labute approximate surface area is 109 Å². The van der Waals surface area contributed by atoms with Crippen LogP contribution in [0.4, 0.5) is 0 Å². The Morgan fingerprint density at radius 1 is 1.28 bits per heavy atom. The number of carbonyl (C=O) groups excluding carboxylic acids is 1. The van der Waals surface area contributed by atoms with Crippen LogP contribution in [-0.2, 0) is 4.79 Å². The maximum atomic E-state index is 12.0. The first-order valence-corrected chi connectivity index (χ1v) is 7.55. The highest BCUT2D eigenvalue weighted by Crippen LogP contribution is 2.31. The SMILES string of the molecule is O=C(NCC1CCN(C2CC2)C1)[C@H]1CCCNC1. The van der Waals surface area contributed by atoms with Gasteiger partial charge in [-0.1, -0.05) is 0 Å². The third kappa shape index (κ3) is 3.04. The highest BCUT2D eigenvalue weighted by atomic mass is 16.1. The number of hydrogen-bond donors (Lipinski definition) is 2. The molecule has 0 radical (unpaired) electrons. The zero-order chi connectivity index (χ0) is 12.4. The first-order chi connectivity index (χ1) is 8.83. The number of amides is 1. The summed E-state index contributed by atoms with van der Waals surface area (Å²) in [5, 5.41) is 6.47. The highest BCUT2D eigenvalue weighted by molar-refractivity contribution is 5.78. The van der Waals surface area contributed by atoms with Crippen molar-refractivity contribution < 1.29 is 4.79 Å². The molecule has 2 atom stereocenters. The van der Waals surface area contributed by atoms with Gasteiger partial charge in [0.05, 0.1) is 5.92 Å². The van der Waals surface area contributed by atoms with Gasteiger partial charge in [0.15, 0.2) is 0 Å². The molecule has 3 fully saturated rings. The minimum atomic E-state index is 0.208. The number of likely N-dealkylation sites (tertiary alicyclic amines) is 1. The van der Waals surface area contributed by atoms with Gasteiger partial charge >= 0.3 is 0 Å². The fourth-order valence-corrected chi connectivity index (χ4v) is 3.27. The van der Waals surface area contributed by atoms with E-state index in [9.17, 15) is 4.79 Å². The summed E-state index contributed by atoms with van der Waals surface area (Å²) in [6.45, 7) is 5.27. The van der Waals surface area contributed by atoms with Crippen molar-refractivity contribution in [2.24, 2.45) is 11.8 Å². The van der Waals surface area contributed by atoms with Gasteiger partial charge < -0.3 is 15.5 Å². The minimum Gasteiger partial charge on any atom is -0.355 e. The average Bonchev–Trinajstić information content (AvgIpc) is 3.16. The van der Waals surface area contributed by atoms with Gasteiger partial charge in [0.25, 0.3) is 0 Å². The molecule has 4 heteroatoms. The van der Waals surface area contributed by atoms with Crippen LogP contribution in [0.25, 0.3) is 0 Å². The Morgan fingerprint density at radius 2 is 2.17 bits per heavy atom. The van der Waals surface area contributed by atoms with E-state index in [0.717, 1.165) is 38.5 Å². The maximum absolute atomic E-state index is 12.0. The van der Waals surface area contributed by atoms with Gasteiger partial charge in [-0.15, -0.1) is 0 Å². The first kappa shape index (κ1) is 12.4. The molecule has 3 aliphatic rings. The average molecular weight is 251 g/mol. The van der Waals surface area contributed by atoms with Crippen molar-refractivity contribution in [3.63, 3.8) is 0 Å². The van der Waals surface area contributed by atoms with Crippen molar-refractivity contribution in [2.45, 2.75) is 38.1 Å². The lowest BCUT2D eigenvalue weighted by Gasteiger charge is -2.23. The summed E-state index contributed by atoms with van der Waals surface area (Å²) in [5.41, 5.74) is 0. The number of nitrogens with one attached hydrogen (secondary N) is 2. The number of carbonyl (C=O) groups is 1. The van der Waals surface area contributed by atoms with Crippen molar-refractivity contribution >= 4 is 5.91 Å². The Hall–Kier alpha value is -0.610. The molecule has 2 heterocycles. The second kappa shape index (κ2) is 5.57. The molecule has 1 unspecified atom stereocenters. The van der Waals surface area contributed by atoms with Crippen molar-refractivity contribution in [1.82, 2.24) is 15.5 Å². The summed E-state index contributed by atoms with van der Waals surface area (Å²) < 4.78 is 0. The number of rotatable bonds is 4. The summed E-state index contributed by atoms with van der Waals surface area (Å²) in [6.07, 6.45) is 6.24. The Kier molecular flexibility index (Phi) is 3.85. The molecule has 102 valence electrons. The minimum absolute atomic E-state index is 0.208. The van der Waals surface area contributed by atoms with Gasteiger partial charge in [-0.3, -0.25) is 4.79 Å². The van der Waals surface area contributed by atoms with E-state index in [1.54, 1.807) is 0 Å². The van der Waals surface area contributed by atoms with E-state index in [2.05, 4.69) is 15.5 Å². The lowest BCUT2D eigenvalue weighted by molar-refractivity contribution is -0.125. The van der Waals surface area contributed by atoms with Gasteiger partial charge in [-0.05, 0) is 51.1 Å². The smallest absolute Gasteiger partial charge is 0.224 e. The van der Waals surface area contributed by atoms with Gasteiger partial charge in [0.1, 0.15) is 0 Å². The lowest BCUT2D eigenvalue weighted by atomic mass is 9.98. The summed E-state index contributed by atoms with van der Waals surface area (Å²) >= 11 is 0. The molecule has 0 spiro atoms. The Balaban J connectivity index is 1.37. The lowest BCUT2D eigenvalue weighted by Crippen LogP contribution is -2.42. The summed E-state index contributed by atoms with van der Waals surface area (Å²) in [7, 11) is 0. The van der Waals surface area contributed by atoms with Crippen molar-refractivity contribution in [3.05, 3.63) is 0 Å². The van der Waals surface area contributed by atoms with Crippen LogP contribution < -0.4 is 10.6 Å². The molecule has 3 rings (SSSR count). The van der Waals surface area contributed by atoms with E-state index in [4.69, 9.17) is 0 Å². The topological polar surface area (TPSA) is 44.4 Å². The van der Waals surface area contributed by atoms with E-state index in [-0.39, 0.29) is 11.8 Å². The normalized spacial score (nSPS) is 33.6. The third-order valence-electron chi connectivity index (χ3n) is 4.61. The van der Waals surface area contributed by atoms with Crippen LogP contribution in [0.15, 0.2) is 0 Å². The molecular weight excluding hydrogens is 226 g/mol. The monoisotopic (exact) mass is 251 g/mol. The fraction of sp³-hybridized carbons (Fsp3) is 0.929. The quantitative estimate of drug-likeness (QED) is 0.768. The summed E-state index contributed by atoms with van der Waals surface area (Å²) in [5.74, 6) is 1.16. The number of piperidine rings is 1. The first-order valence-electron chi connectivity index (χ1n) is 7.55. The van der Waals surface area contributed by atoms with Gasteiger partial charge in [-0.25, -0.2) is 0 Å². The van der Waals surface area contributed by atoms with E-state index in [1.807, 2.05) is 0 Å². The van der Waals surface area contributed by atoms with E-state index >= 15 is 0 Å². The van der Waals surface area contributed by atoms with Crippen LogP contribution in [0.1, 0.15) is 32.1 Å². The largest absolute Gasteiger partial charge is 0.355 e. The summed E-state index contributed by atoms with van der Waals surface area (Å²) in [4.78, 5) is 14.6. The zero-order valence-electron chi connectivity index (χ0n) is 11.2.